The molecular weight excluding hydrogens is 246 g/mol. The minimum Gasteiger partial charge on any atom is -0.464 e. The van der Waals surface area contributed by atoms with Gasteiger partial charge in [0.05, 0.1) is 13.0 Å². The molecule has 2 aromatic heterocycles. The molecule has 0 saturated heterocycles. The monoisotopic (exact) mass is 255 g/mol. The Morgan fingerprint density at radius 3 is 2.82 bits per heavy atom. The summed E-state index contributed by atoms with van der Waals surface area (Å²) in [5.41, 5.74) is 0.0977. The molecule has 0 radical (unpaired) electrons. The molecule has 0 N–H and O–H groups in total. The van der Waals surface area contributed by atoms with Crippen LogP contribution in [0.5, 0.6) is 0 Å². The molecule has 0 aromatic carbocycles. The van der Waals surface area contributed by atoms with Crippen molar-refractivity contribution in [3.8, 4) is 11.5 Å². The molecule has 0 unspecified atom stereocenters. The maximum absolute atomic E-state index is 11.5. The molecule has 90 valence electrons. The molecule has 0 aliphatic rings. The number of carbonyl (C=O) groups is 1. The highest BCUT2D eigenvalue weighted by molar-refractivity contribution is 6.16. The third-order valence-corrected chi connectivity index (χ3v) is 2.39. The third-order valence-electron chi connectivity index (χ3n) is 2.13. The molecule has 0 amide bonds. The fourth-order valence-corrected chi connectivity index (χ4v) is 1.54. The molecule has 6 heteroatoms. The fraction of sp³-hybridized carbons (Fsp3) is 0.273. The molecule has 0 fully saturated rings. The van der Waals surface area contributed by atoms with Crippen LogP contribution in [-0.2, 0) is 10.6 Å². The fourth-order valence-electron chi connectivity index (χ4n) is 1.40. The van der Waals surface area contributed by atoms with Crippen molar-refractivity contribution in [2.75, 3.05) is 7.11 Å². The minimum absolute atomic E-state index is 0.0977. The highest BCUT2D eigenvalue weighted by Gasteiger charge is 2.23. The Balaban J connectivity index is 2.47. The highest BCUT2D eigenvalue weighted by atomic mass is 35.5. The Hall–Kier alpha value is -1.75. The van der Waals surface area contributed by atoms with Gasteiger partial charge in [0.1, 0.15) is 5.76 Å². The largest absolute Gasteiger partial charge is 0.464 e. The van der Waals surface area contributed by atoms with Gasteiger partial charge in [-0.05, 0) is 12.1 Å². The summed E-state index contributed by atoms with van der Waals surface area (Å²) in [5, 5.41) is 0. The predicted molar refractivity (Wildman–Crippen MR) is 59.8 cm³/mol. The summed E-state index contributed by atoms with van der Waals surface area (Å²) >= 11 is 5.63. The van der Waals surface area contributed by atoms with E-state index in [1.807, 2.05) is 0 Å². The molecule has 0 saturated carbocycles. The lowest BCUT2D eigenvalue weighted by molar-refractivity contribution is 0.0595. The van der Waals surface area contributed by atoms with Crippen molar-refractivity contribution in [2.45, 2.75) is 12.8 Å². The Labute approximate surface area is 102 Å². The maximum atomic E-state index is 11.5. The normalized spacial score (nSPS) is 10.5. The maximum Gasteiger partial charge on any atom is 0.360 e. The number of nitrogens with zero attached hydrogens (tertiary/aromatic N) is 1. The summed E-state index contributed by atoms with van der Waals surface area (Å²) in [6.07, 6.45) is 0. The van der Waals surface area contributed by atoms with Crippen molar-refractivity contribution in [2.24, 2.45) is 0 Å². The van der Waals surface area contributed by atoms with E-state index in [0.717, 1.165) is 0 Å². The summed E-state index contributed by atoms with van der Waals surface area (Å²) in [4.78, 5) is 15.4. The summed E-state index contributed by atoms with van der Waals surface area (Å²) in [7, 11) is 1.28. The molecule has 0 spiro atoms. The lowest BCUT2D eigenvalue weighted by Crippen LogP contribution is -2.03. The topological polar surface area (TPSA) is 65.5 Å². The smallest absolute Gasteiger partial charge is 0.360 e. The molecule has 0 aliphatic heterocycles. The number of halogens is 1. The highest BCUT2D eigenvalue weighted by Crippen LogP contribution is 2.27. The molecule has 0 bridgehead atoms. The Bertz CT molecular complexity index is 543. The minimum atomic E-state index is -0.569. The van der Waals surface area contributed by atoms with Gasteiger partial charge in [0, 0.05) is 6.92 Å². The number of rotatable bonds is 3. The first-order valence-electron chi connectivity index (χ1n) is 4.86. The van der Waals surface area contributed by atoms with Gasteiger partial charge in [0.15, 0.2) is 17.3 Å². The van der Waals surface area contributed by atoms with Crippen molar-refractivity contribution in [3.63, 3.8) is 0 Å². The molecule has 5 nitrogen and oxygen atoms in total. The van der Waals surface area contributed by atoms with Crippen molar-refractivity contribution in [1.82, 2.24) is 4.98 Å². The van der Waals surface area contributed by atoms with Crippen LogP contribution in [0.3, 0.4) is 0 Å². The van der Waals surface area contributed by atoms with Crippen molar-refractivity contribution < 1.29 is 18.4 Å². The van der Waals surface area contributed by atoms with E-state index in [1.54, 1.807) is 19.1 Å². The number of alkyl halides is 1. The number of ether oxygens (including phenoxy) is 1. The quantitative estimate of drug-likeness (QED) is 0.623. The molecule has 2 rings (SSSR count). The average molecular weight is 256 g/mol. The first-order valence-corrected chi connectivity index (χ1v) is 5.40. The van der Waals surface area contributed by atoms with E-state index >= 15 is 0 Å². The number of carbonyl (C=O) groups excluding carboxylic acids is 1. The third kappa shape index (κ3) is 2.19. The lowest BCUT2D eigenvalue weighted by Gasteiger charge is -1.95. The van der Waals surface area contributed by atoms with Gasteiger partial charge < -0.3 is 13.6 Å². The summed E-state index contributed by atoms with van der Waals surface area (Å²) in [6, 6.07) is 3.38. The Morgan fingerprint density at radius 1 is 1.47 bits per heavy atom. The Morgan fingerprint density at radius 2 is 2.24 bits per heavy atom. The number of aromatic nitrogens is 1. The lowest BCUT2D eigenvalue weighted by atomic mass is 10.3. The van der Waals surface area contributed by atoms with Gasteiger partial charge in [-0.2, -0.15) is 0 Å². The zero-order chi connectivity index (χ0) is 12.4. The van der Waals surface area contributed by atoms with Crippen LogP contribution in [0.1, 0.15) is 22.1 Å². The van der Waals surface area contributed by atoms with Crippen LogP contribution in [0.2, 0.25) is 0 Å². The van der Waals surface area contributed by atoms with Crippen LogP contribution >= 0.6 is 11.6 Å². The number of oxazole rings is 1. The van der Waals surface area contributed by atoms with Crippen molar-refractivity contribution in [1.29, 1.82) is 0 Å². The number of furan rings is 1. The molecule has 2 aromatic rings. The van der Waals surface area contributed by atoms with Gasteiger partial charge in [-0.15, -0.1) is 11.6 Å². The van der Waals surface area contributed by atoms with Crippen LogP contribution in [0.4, 0.5) is 0 Å². The number of hydrogen-bond acceptors (Lipinski definition) is 5. The predicted octanol–water partition coefficient (Wildman–Crippen LogP) is 2.77. The first-order chi connectivity index (χ1) is 8.15. The molecule has 0 aliphatic carbocycles. The van der Waals surface area contributed by atoms with Gasteiger partial charge in [0.2, 0.25) is 5.76 Å². The number of hydrogen-bond donors (Lipinski definition) is 0. The van der Waals surface area contributed by atoms with Crippen molar-refractivity contribution in [3.05, 3.63) is 29.5 Å². The number of esters is 1. The second-order valence-electron chi connectivity index (χ2n) is 3.30. The second kappa shape index (κ2) is 4.63. The van der Waals surface area contributed by atoms with E-state index in [9.17, 15) is 4.79 Å². The molecule has 0 atom stereocenters. The van der Waals surface area contributed by atoms with E-state index < -0.39 is 5.97 Å². The van der Waals surface area contributed by atoms with E-state index in [0.29, 0.717) is 17.4 Å². The van der Waals surface area contributed by atoms with Crippen LogP contribution in [0.25, 0.3) is 11.5 Å². The standard InChI is InChI=1S/C11H10ClNO4/c1-6-13-9(11(14)15-2)10(16-6)8-4-3-7(5-12)17-8/h3-4H,5H2,1-2H3. The van der Waals surface area contributed by atoms with Crippen LogP contribution < -0.4 is 0 Å². The zero-order valence-electron chi connectivity index (χ0n) is 9.32. The molecule has 17 heavy (non-hydrogen) atoms. The van der Waals surface area contributed by atoms with Gasteiger partial charge in [-0.3, -0.25) is 0 Å². The second-order valence-corrected chi connectivity index (χ2v) is 3.57. The van der Waals surface area contributed by atoms with Crippen LogP contribution in [0.15, 0.2) is 21.0 Å². The Kier molecular flexibility index (Phi) is 3.19. The first kappa shape index (κ1) is 11.7. The van der Waals surface area contributed by atoms with E-state index in [4.69, 9.17) is 20.4 Å². The van der Waals surface area contributed by atoms with Gasteiger partial charge in [0.25, 0.3) is 0 Å². The summed E-state index contributed by atoms with van der Waals surface area (Å²) in [5.74, 6) is 1.30. The van der Waals surface area contributed by atoms with Gasteiger partial charge in [-0.25, -0.2) is 9.78 Å². The van der Waals surface area contributed by atoms with Gasteiger partial charge in [-0.1, -0.05) is 0 Å². The van der Waals surface area contributed by atoms with Crippen LogP contribution in [0, 0.1) is 6.92 Å². The summed E-state index contributed by atoms with van der Waals surface area (Å²) < 4.78 is 15.3. The van der Waals surface area contributed by atoms with Gasteiger partial charge >= 0.3 is 5.97 Å². The van der Waals surface area contributed by atoms with Crippen LogP contribution in [-0.4, -0.2) is 18.1 Å². The molecule has 2 heterocycles. The van der Waals surface area contributed by atoms with E-state index in [2.05, 4.69) is 9.72 Å². The van der Waals surface area contributed by atoms with Crippen molar-refractivity contribution >= 4 is 17.6 Å². The van der Waals surface area contributed by atoms with E-state index in [1.165, 1.54) is 7.11 Å². The van der Waals surface area contributed by atoms with E-state index in [-0.39, 0.29) is 17.3 Å². The molecular formula is C11H10ClNO4. The average Bonchev–Trinajstić information content (AvgIpc) is 2.93. The number of aryl methyl sites for hydroxylation is 1. The SMILES string of the molecule is COC(=O)c1nc(C)oc1-c1ccc(CCl)o1. The summed E-state index contributed by atoms with van der Waals surface area (Å²) in [6.45, 7) is 1.64. The number of methoxy groups -OCH3 is 1. The zero-order valence-corrected chi connectivity index (χ0v) is 10.1.